The fourth-order valence-corrected chi connectivity index (χ4v) is 1.69. The molecule has 0 saturated carbocycles. The van der Waals surface area contributed by atoms with Gasteiger partial charge in [-0.2, -0.15) is 13.2 Å². The Kier molecular flexibility index (Phi) is 2.67. The largest absolute Gasteiger partial charge is 0.430 e. The highest BCUT2D eigenvalue weighted by Crippen LogP contribution is 2.38. The second kappa shape index (κ2) is 3.75. The molecule has 0 bridgehead atoms. The highest BCUT2D eigenvalue weighted by Gasteiger charge is 2.56. The molecule has 0 aliphatic carbocycles. The van der Waals surface area contributed by atoms with Crippen LogP contribution in [0.3, 0.4) is 0 Å². The van der Waals surface area contributed by atoms with Gasteiger partial charge in [0, 0.05) is 0 Å². The quantitative estimate of drug-likeness (QED) is 0.802. The third kappa shape index (κ3) is 1.92. The number of benzene rings is 1. The molecule has 16 heavy (non-hydrogen) atoms. The van der Waals surface area contributed by atoms with Crippen LogP contribution in [0.1, 0.15) is 18.5 Å². The van der Waals surface area contributed by atoms with Crippen molar-refractivity contribution in [3.63, 3.8) is 0 Å². The van der Waals surface area contributed by atoms with Crippen molar-refractivity contribution in [2.24, 2.45) is 0 Å². The number of hydrogen-bond donors (Lipinski definition) is 1. The number of alkyl halides is 3. The molecule has 1 saturated heterocycles. The molecule has 2 nitrogen and oxygen atoms in total. The summed E-state index contributed by atoms with van der Waals surface area (Å²) in [6, 6.07) is 8.56. The summed E-state index contributed by atoms with van der Waals surface area (Å²) < 4.78 is 42.8. The maximum absolute atomic E-state index is 12.6. The van der Waals surface area contributed by atoms with Crippen molar-refractivity contribution in [3.05, 3.63) is 35.9 Å². The first-order chi connectivity index (χ1) is 7.42. The van der Waals surface area contributed by atoms with Crippen molar-refractivity contribution in [3.8, 4) is 0 Å². The molecule has 5 heteroatoms. The number of nitrogens with one attached hydrogen (secondary N) is 1. The van der Waals surface area contributed by atoms with Crippen molar-refractivity contribution < 1.29 is 17.9 Å². The van der Waals surface area contributed by atoms with E-state index in [-0.39, 0.29) is 6.61 Å². The van der Waals surface area contributed by atoms with Gasteiger partial charge in [0.1, 0.15) is 0 Å². The number of ether oxygens (including phenoxy) is 1. The lowest BCUT2D eigenvalue weighted by Gasteiger charge is -2.27. The summed E-state index contributed by atoms with van der Waals surface area (Å²) in [7, 11) is 0. The second-order valence-corrected chi connectivity index (χ2v) is 3.95. The number of hydrogen-bond acceptors (Lipinski definition) is 2. The van der Waals surface area contributed by atoms with Crippen LogP contribution in [0.15, 0.2) is 30.3 Å². The minimum atomic E-state index is -4.41. The van der Waals surface area contributed by atoms with Gasteiger partial charge in [0.25, 0.3) is 0 Å². The molecule has 1 aliphatic heterocycles. The Morgan fingerprint density at radius 3 is 2.44 bits per heavy atom. The number of halogens is 3. The van der Waals surface area contributed by atoms with Crippen LogP contribution < -0.4 is 5.32 Å². The third-order valence-electron chi connectivity index (χ3n) is 2.73. The monoisotopic (exact) mass is 231 g/mol. The molecule has 2 rings (SSSR count). The van der Waals surface area contributed by atoms with Gasteiger partial charge in [0.2, 0.25) is 5.72 Å². The van der Waals surface area contributed by atoms with Crippen LogP contribution in [0, 0.1) is 0 Å². The molecule has 0 amide bonds. The van der Waals surface area contributed by atoms with Gasteiger partial charge in [-0.25, -0.2) is 0 Å². The van der Waals surface area contributed by atoms with E-state index < -0.39 is 17.9 Å². The summed E-state index contributed by atoms with van der Waals surface area (Å²) in [5, 5.41) is 2.48. The minimum absolute atomic E-state index is 0.0278. The molecule has 0 aromatic heterocycles. The average molecular weight is 231 g/mol. The lowest BCUT2D eigenvalue weighted by molar-refractivity contribution is -0.263. The Labute approximate surface area is 91.4 Å². The molecule has 1 N–H and O–H groups in total. The molecule has 0 radical (unpaired) electrons. The van der Waals surface area contributed by atoms with E-state index in [2.05, 4.69) is 5.32 Å². The maximum atomic E-state index is 12.6. The Bertz CT molecular complexity index is 365. The Hall–Kier alpha value is -1.07. The molecule has 1 heterocycles. The molecule has 88 valence electrons. The van der Waals surface area contributed by atoms with E-state index in [1.54, 1.807) is 24.3 Å². The van der Waals surface area contributed by atoms with Gasteiger partial charge in [0.05, 0.1) is 12.6 Å². The van der Waals surface area contributed by atoms with E-state index in [0.717, 1.165) is 12.5 Å². The first-order valence-corrected chi connectivity index (χ1v) is 4.96. The van der Waals surface area contributed by atoms with Crippen LogP contribution in [0.4, 0.5) is 13.2 Å². The molecular weight excluding hydrogens is 219 g/mol. The molecule has 1 fully saturated rings. The molecule has 1 aromatic carbocycles. The summed E-state index contributed by atoms with van der Waals surface area (Å²) in [6.07, 6.45) is -4.41. The molecular formula is C11H12F3NO. The topological polar surface area (TPSA) is 21.3 Å². The van der Waals surface area contributed by atoms with E-state index >= 15 is 0 Å². The van der Waals surface area contributed by atoms with Crippen LogP contribution >= 0.6 is 0 Å². The average Bonchev–Trinajstić information content (AvgIpc) is 2.63. The zero-order valence-electron chi connectivity index (χ0n) is 8.71. The SMILES string of the molecule is CC1(C(F)(F)F)N[C@H](c2ccccc2)CO1. The molecule has 2 atom stereocenters. The number of rotatable bonds is 1. The minimum Gasteiger partial charge on any atom is -0.350 e. The Morgan fingerprint density at radius 2 is 1.94 bits per heavy atom. The summed E-state index contributed by atoms with van der Waals surface area (Å²) in [5.41, 5.74) is -1.44. The second-order valence-electron chi connectivity index (χ2n) is 3.95. The molecule has 1 unspecified atom stereocenters. The van der Waals surface area contributed by atoms with Crippen LogP contribution in [-0.4, -0.2) is 18.5 Å². The fourth-order valence-electron chi connectivity index (χ4n) is 1.69. The predicted octanol–water partition coefficient (Wildman–Crippen LogP) is 2.63. The Morgan fingerprint density at radius 1 is 1.31 bits per heavy atom. The van der Waals surface area contributed by atoms with Gasteiger partial charge in [-0.1, -0.05) is 30.3 Å². The van der Waals surface area contributed by atoms with E-state index in [1.807, 2.05) is 6.07 Å². The zero-order chi connectivity index (χ0) is 11.8. The van der Waals surface area contributed by atoms with Crippen LogP contribution in [-0.2, 0) is 4.74 Å². The zero-order valence-corrected chi connectivity index (χ0v) is 8.71. The Balaban J connectivity index is 2.15. The summed E-state index contributed by atoms with van der Waals surface area (Å²) in [5.74, 6) is 0. The van der Waals surface area contributed by atoms with Gasteiger partial charge >= 0.3 is 6.18 Å². The highest BCUT2D eigenvalue weighted by atomic mass is 19.4. The maximum Gasteiger partial charge on any atom is 0.430 e. The van der Waals surface area contributed by atoms with Crippen molar-refractivity contribution in [2.75, 3.05) is 6.61 Å². The standard InChI is InChI=1S/C11H12F3NO/c1-10(11(12,13)14)15-9(7-16-10)8-5-3-2-4-6-8/h2-6,9,15H,7H2,1H3/t9-,10?/m0/s1. The normalized spacial score (nSPS) is 30.6. The highest BCUT2D eigenvalue weighted by molar-refractivity contribution is 5.20. The lowest BCUT2D eigenvalue weighted by Crippen LogP contribution is -2.51. The van der Waals surface area contributed by atoms with E-state index in [9.17, 15) is 13.2 Å². The fraction of sp³-hybridized carbons (Fsp3) is 0.455. The van der Waals surface area contributed by atoms with E-state index in [1.165, 1.54) is 0 Å². The van der Waals surface area contributed by atoms with Crippen LogP contribution in [0.2, 0.25) is 0 Å². The summed E-state index contributed by atoms with van der Waals surface area (Å²) in [6.45, 7) is 1.04. The summed E-state index contributed by atoms with van der Waals surface area (Å²) >= 11 is 0. The van der Waals surface area contributed by atoms with Crippen molar-refractivity contribution in [1.29, 1.82) is 0 Å². The smallest absolute Gasteiger partial charge is 0.350 e. The molecule has 1 aliphatic rings. The first-order valence-electron chi connectivity index (χ1n) is 4.96. The van der Waals surface area contributed by atoms with Crippen LogP contribution in [0.5, 0.6) is 0 Å². The van der Waals surface area contributed by atoms with Gasteiger partial charge in [0.15, 0.2) is 0 Å². The van der Waals surface area contributed by atoms with E-state index in [4.69, 9.17) is 4.74 Å². The van der Waals surface area contributed by atoms with E-state index in [0.29, 0.717) is 0 Å². The van der Waals surface area contributed by atoms with Crippen molar-refractivity contribution in [2.45, 2.75) is 24.9 Å². The van der Waals surface area contributed by atoms with Gasteiger partial charge in [-0.05, 0) is 12.5 Å². The van der Waals surface area contributed by atoms with Crippen molar-refractivity contribution in [1.82, 2.24) is 5.32 Å². The first kappa shape index (κ1) is 11.4. The third-order valence-corrected chi connectivity index (χ3v) is 2.73. The van der Waals surface area contributed by atoms with Crippen molar-refractivity contribution >= 4 is 0 Å². The van der Waals surface area contributed by atoms with Gasteiger partial charge in [-0.3, -0.25) is 5.32 Å². The lowest BCUT2D eigenvalue weighted by atomic mass is 10.1. The van der Waals surface area contributed by atoms with Gasteiger partial charge < -0.3 is 4.74 Å². The predicted molar refractivity (Wildman–Crippen MR) is 52.7 cm³/mol. The molecule has 0 spiro atoms. The van der Waals surface area contributed by atoms with Crippen LogP contribution in [0.25, 0.3) is 0 Å². The van der Waals surface area contributed by atoms with Gasteiger partial charge in [-0.15, -0.1) is 0 Å². The molecule has 1 aromatic rings. The summed E-state index contributed by atoms with van der Waals surface area (Å²) in [4.78, 5) is 0.